The molecule has 0 bridgehead atoms. The van der Waals surface area contributed by atoms with E-state index in [1.807, 2.05) is 0 Å². The molecule has 0 aromatic carbocycles. The van der Waals surface area contributed by atoms with Gasteiger partial charge in [-0.2, -0.15) is 13.8 Å². The quantitative estimate of drug-likeness (QED) is 0.706. The van der Waals surface area contributed by atoms with Gasteiger partial charge in [0.15, 0.2) is 11.5 Å². The number of rotatable bonds is 5. The van der Waals surface area contributed by atoms with Crippen LogP contribution in [0.15, 0.2) is 18.5 Å². The normalized spacial score (nSPS) is 15.4. The molecule has 0 fully saturated rings. The molecule has 3 heterocycles. The number of nitrogens with one attached hydrogen (secondary N) is 1. The molecule has 1 aliphatic heterocycles. The summed E-state index contributed by atoms with van der Waals surface area (Å²) in [5.74, 6) is -5.26. The summed E-state index contributed by atoms with van der Waals surface area (Å²) in [5, 5.41) is 2.86. The van der Waals surface area contributed by atoms with E-state index >= 15 is 0 Å². The van der Waals surface area contributed by atoms with E-state index in [1.54, 1.807) is 13.8 Å². The Balaban J connectivity index is 2.11. The number of methoxy groups -OCH3 is 2. The van der Waals surface area contributed by atoms with Gasteiger partial charge in [-0.25, -0.2) is 14.8 Å². The van der Waals surface area contributed by atoms with Crippen LogP contribution in [0, 0.1) is 0 Å². The van der Waals surface area contributed by atoms with Crippen LogP contribution in [0.2, 0.25) is 0 Å². The highest BCUT2D eigenvalue weighted by molar-refractivity contribution is 6.02. The number of pyridine rings is 1. The van der Waals surface area contributed by atoms with E-state index in [4.69, 9.17) is 9.47 Å². The predicted octanol–water partition coefficient (Wildman–Crippen LogP) is 2.24. The van der Waals surface area contributed by atoms with Crippen LogP contribution in [-0.2, 0) is 9.53 Å². The fourth-order valence-corrected chi connectivity index (χ4v) is 3.11. The third kappa shape index (κ3) is 4.05. The predicted molar refractivity (Wildman–Crippen MR) is 108 cm³/mol. The van der Waals surface area contributed by atoms with E-state index in [0.29, 0.717) is 0 Å². The molecule has 1 amide bonds. The lowest BCUT2D eigenvalue weighted by molar-refractivity contribution is -0.140. The summed E-state index contributed by atoms with van der Waals surface area (Å²) in [6, 6.07) is 1.14. The number of carbonyl (C=O) groups is 2. The first-order valence-electron chi connectivity index (χ1n) is 9.28. The van der Waals surface area contributed by atoms with Gasteiger partial charge in [0.25, 0.3) is 5.91 Å². The maximum atomic E-state index is 14.4. The number of alkyl halides is 2. The molecular formula is C19H22F2N6O4. The van der Waals surface area contributed by atoms with Crippen molar-refractivity contribution in [1.82, 2.24) is 15.0 Å². The number of ether oxygens (including phenoxy) is 2. The van der Waals surface area contributed by atoms with Crippen molar-refractivity contribution >= 4 is 35.0 Å². The molecule has 0 radical (unpaired) electrons. The number of esters is 1. The standard InChI is InChI=1S/C19H22F2N6O4/c1-10(2)27-9-19(20,21)17(29)26(3)11-8-23-18(25-15(11)27)24-13-12(30-4)6-7-22-14(13)16(28)31-5/h6-8,10H,9H2,1-5H3,(H,23,24,25). The van der Waals surface area contributed by atoms with Crippen molar-refractivity contribution < 1.29 is 27.8 Å². The largest absolute Gasteiger partial charge is 0.494 e. The fourth-order valence-electron chi connectivity index (χ4n) is 3.11. The van der Waals surface area contributed by atoms with Gasteiger partial charge >= 0.3 is 11.9 Å². The van der Waals surface area contributed by atoms with Gasteiger partial charge in [0.1, 0.15) is 17.1 Å². The second-order valence-corrected chi connectivity index (χ2v) is 7.05. The van der Waals surface area contributed by atoms with Gasteiger partial charge in [-0.15, -0.1) is 0 Å². The van der Waals surface area contributed by atoms with E-state index < -0.39 is 24.3 Å². The Morgan fingerprint density at radius 3 is 2.61 bits per heavy atom. The van der Waals surface area contributed by atoms with Gasteiger partial charge in [0.05, 0.1) is 27.0 Å². The number of hydrogen-bond acceptors (Lipinski definition) is 9. The van der Waals surface area contributed by atoms with Gasteiger partial charge in [-0.05, 0) is 13.8 Å². The first-order valence-corrected chi connectivity index (χ1v) is 9.28. The molecule has 3 rings (SSSR count). The number of anilines is 4. The molecule has 10 nitrogen and oxygen atoms in total. The summed E-state index contributed by atoms with van der Waals surface area (Å²) >= 11 is 0. The zero-order chi connectivity index (χ0) is 22.9. The van der Waals surface area contributed by atoms with Crippen LogP contribution in [0.25, 0.3) is 0 Å². The lowest BCUT2D eigenvalue weighted by atomic mass is 10.2. The van der Waals surface area contributed by atoms with E-state index in [1.165, 1.54) is 44.6 Å². The van der Waals surface area contributed by atoms with Gasteiger partial charge in [-0.3, -0.25) is 4.79 Å². The number of halogens is 2. The minimum absolute atomic E-state index is 0.00748. The Hall–Kier alpha value is -3.57. The average molecular weight is 436 g/mol. The molecule has 31 heavy (non-hydrogen) atoms. The number of amides is 1. The second kappa shape index (κ2) is 8.28. The number of fused-ring (bicyclic) bond motifs is 1. The first kappa shape index (κ1) is 22.1. The van der Waals surface area contributed by atoms with Crippen molar-refractivity contribution in [3.8, 4) is 5.75 Å². The van der Waals surface area contributed by atoms with Crippen molar-refractivity contribution in [2.75, 3.05) is 42.9 Å². The summed E-state index contributed by atoms with van der Waals surface area (Å²) in [5.41, 5.74) is 0.212. The van der Waals surface area contributed by atoms with Gasteiger partial charge in [-0.1, -0.05) is 0 Å². The lowest BCUT2D eigenvalue weighted by Gasteiger charge is -2.29. The zero-order valence-electron chi connectivity index (χ0n) is 17.6. The molecule has 1 N–H and O–H groups in total. The minimum atomic E-state index is -3.60. The van der Waals surface area contributed by atoms with Gasteiger partial charge < -0.3 is 24.6 Å². The maximum absolute atomic E-state index is 14.4. The number of hydrogen-bond donors (Lipinski definition) is 1. The molecule has 0 saturated heterocycles. The molecular weight excluding hydrogens is 414 g/mol. The molecule has 0 atom stereocenters. The molecule has 2 aromatic heterocycles. The highest BCUT2D eigenvalue weighted by Crippen LogP contribution is 2.37. The van der Waals surface area contributed by atoms with E-state index in [9.17, 15) is 18.4 Å². The van der Waals surface area contributed by atoms with Crippen LogP contribution in [0.1, 0.15) is 24.3 Å². The van der Waals surface area contributed by atoms with Crippen LogP contribution in [0.4, 0.5) is 31.9 Å². The minimum Gasteiger partial charge on any atom is -0.494 e. The second-order valence-electron chi connectivity index (χ2n) is 7.05. The van der Waals surface area contributed by atoms with E-state index in [0.717, 1.165) is 4.90 Å². The number of aromatic nitrogens is 3. The summed E-state index contributed by atoms with van der Waals surface area (Å²) in [6.45, 7) is 2.59. The summed E-state index contributed by atoms with van der Waals surface area (Å²) in [4.78, 5) is 39.0. The van der Waals surface area contributed by atoms with Crippen LogP contribution >= 0.6 is 0 Å². The Morgan fingerprint density at radius 2 is 2.00 bits per heavy atom. The summed E-state index contributed by atoms with van der Waals surface area (Å²) < 4.78 is 38.9. The third-order valence-electron chi connectivity index (χ3n) is 4.74. The van der Waals surface area contributed by atoms with Gasteiger partial charge in [0, 0.05) is 25.4 Å². The van der Waals surface area contributed by atoms with Gasteiger partial charge in [0.2, 0.25) is 5.95 Å². The Morgan fingerprint density at radius 1 is 1.29 bits per heavy atom. The average Bonchev–Trinajstić information content (AvgIpc) is 2.82. The Labute approximate surface area is 177 Å². The molecule has 166 valence electrons. The highest BCUT2D eigenvalue weighted by Gasteiger charge is 2.47. The van der Waals surface area contributed by atoms with Crippen LogP contribution in [-0.4, -0.2) is 66.6 Å². The Bertz CT molecular complexity index is 1020. The molecule has 0 unspecified atom stereocenters. The highest BCUT2D eigenvalue weighted by atomic mass is 19.3. The van der Waals surface area contributed by atoms with Crippen molar-refractivity contribution in [2.24, 2.45) is 0 Å². The fraction of sp³-hybridized carbons (Fsp3) is 0.421. The molecule has 0 spiro atoms. The molecule has 1 aliphatic rings. The van der Waals surface area contributed by atoms with Crippen LogP contribution in [0.3, 0.4) is 0 Å². The first-order chi connectivity index (χ1) is 14.6. The third-order valence-corrected chi connectivity index (χ3v) is 4.74. The summed E-state index contributed by atoms with van der Waals surface area (Å²) in [7, 11) is 3.86. The molecule has 0 saturated carbocycles. The zero-order valence-corrected chi connectivity index (χ0v) is 17.6. The van der Waals surface area contributed by atoms with Crippen molar-refractivity contribution in [3.63, 3.8) is 0 Å². The lowest BCUT2D eigenvalue weighted by Crippen LogP contribution is -2.47. The van der Waals surface area contributed by atoms with Crippen molar-refractivity contribution in [3.05, 3.63) is 24.2 Å². The molecule has 0 aliphatic carbocycles. The van der Waals surface area contributed by atoms with E-state index in [-0.39, 0.29) is 40.6 Å². The summed E-state index contributed by atoms with van der Waals surface area (Å²) in [6.07, 6.45) is 2.64. The number of nitrogens with zero attached hydrogens (tertiary/aromatic N) is 5. The monoisotopic (exact) mass is 436 g/mol. The SMILES string of the molecule is COC(=O)c1nccc(OC)c1Nc1ncc2c(n1)N(C(C)C)CC(F)(F)C(=O)N2C. The maximum Gasteiger partial charge on any atom is 0.358 e. The van der Waals surface area contributed by atoms with Crippen molar-refractivity contribution in [2.45, 2.75) is 25.8 Å². The van der Waals surface area contributed by atoms with Crippen LogP contribution < -0.4 is 19.9 Å². The van der Waals surface area contributed by atoms with Crippen LogP contribution in [0.5, 0.6) is 5.75 Å². The number of carbonyl (C=O) groups excluding carboxylic acids is 2. The van der Waals surface area contributed by atoms with E-state index in [2.05, 4.69) is 20.3 Å². The molecule has 12 heteroatoms. The topological polar surface area (TPSA) is 110 Å². The van der Waals surface area contributed by atoms with Crippen molar-refractivity contribution in [1.29, 1.82) is 0 Å². The molecule has 2 aromatic rings. The smallest absolute Gasteiger partial charge is 0.358 e. The Kier molecular flexibility index (Phi) is 5.91.